The molecule has 3 N–H and O–H groups in total. The summed E-state index contributed by atoms with van der Waals surface area (Å²) < 4.78 is 23.2. The predicted octanol–water partition coefficient (Wildman–Crippen LogP) is 0.362. The van der Waals surface area contributed by atoms with Gasteiger partial charge in [0.05, 0.1) is 11.0 Å². The number of urea groups is 1. The van der Waals surface area contributed by atoms with Crippen LogP contribution < -0.4 is 10.6 Å². The van der Waals surface area contributed by atoms with Crippen LogP contribution in [0.15, 0.2) is 0 Å². The molecule has 0 saturated carbocycles. The van der Waals surface area contributed by atoms with Gasteiger partial charge in [-0.25, -0.2) is 18.0 Å². The van der Waals surface area contributed by atoms with Gasteiger partial charge in [0.2, 0.25) is 0 Å². The SMILES string of the molecule is CC(C)C[C@@H](NC(=O)NCC1CCCS1(=O)=O)C(=O)O. The van der Waals surface area contributed by atoms with Crippen molar-refractivity contribution in [3.63, 3.8) is 0 Å². The maximum atomic E-state index is 11.6. The van der Waals surface area contributed by atoms with Crippen LogP contribution in [0.2, 0.25) is 0 Å². The zero-order chi connectivity index (χ0) is 15.3. The molecule has 7 nitrogen and oxygen atoms in total. The van der Waals surface area contributed by atoms with Crippen LogP contribution in [0.1, 0.15) is 33.1 Å². The second kappa shape index (κ2) is 6.92. The lowest BCUT2D eigenvalue weighted by atomic mass is 10.0. The monoisotopic (exact) mass is 306 g/mol. The molecule has 1 fully saturated rings. The molecule has 0 aromatic heterocycles. The highest BCUT2D eigenvalue weighted by molar-refractivity contribution is 7.92. The molecule has 0 aliphatic carbocycles. The minimum absolute atomic E-state index is 0.0299. The molecular formula is C12H22N2O5S. The lowest BCUT2D eigenvalue weighted by Gasteiger charge is -2.18. The first-order chi connectivity index (χ1) is 9.22. The fourth-order valence-electron chi connectivity index (χ4n) is 2.20. The normalized spacial score (nSPS) is 22.4. The zero-order valence-electron chi connectivity index (χ0n) is 11.8. The number of hydrogen-bond donors (Lipinski definition) is 3. The first-order valence-corrected chi connectivity index (χ1v) is 8.42. The fraction of sp³-hybridized carbons (Fsp3) is 0.833. The van der Waals surface area contributed by atoms with Gasteiger partial charge in [0.15, 0.2) is 9.84 Å². The van der Waals surface area contributed by atoms with E-state index in [1.54, 1.807) is 0 Å². The van der Waals surface area contributed by atoms with Crippen LogP contribution in [0.5, 0.6) is 0 Å². The van der Waals surface area contributed by atoms with Crippen molar-refractivity contribution in [2.24, 2.45) is 5.92 Å². The van der Waals surface area contributed by atoms with Crippen LogP contribution in [0, 0.1) is 5.92 Å². The van der Waals surface area contributed by atoms with Crippen LogP contribution >= 0.6 is 0 Å². The quantitative estimate of drug-likeness (QED) is 0.656. The number of carbonyl (C=O) groups excluding carboxylic acids is 1. The van der Waals surface area contributed by atoms with Gasteiger partial charge in [-0.05, 0) is 25.2 Å². The Kier molecular flexibility index (Phi) is 5.79. The van der Waals surface area contributed by atoms with Crippen molar-refractivity contribution in [2.75, 3.05) is 12.3 Å². The number of hydrogen-bond acceptors (Lipinski definition) is 4. The van der Waals surface area contributed by atoms with Crippen molar-refractivity contribution >= 4 is 21.8 Å². The molecule has 1 saturated heterocycles. The van der Waals surface area contributed by atoms with Crippen LogP contribution in [-0.4, -0.2) is 49.1 Å². The van der Waals surface area contributed by atoms with E-state index < -0.39 is 33.1 Å². The average Bonchev–Trinajstić information content (AvgIpc) is 2.64. The van der Waals surface area contributed by atoms with Crippen molar-refractivity contribution < 1.29 is 23.1 Å². The van der Waals surface area contributed by atoms with Crippen molar-refractivity contribution in [3.8, 4) is 0 Å². The van der Waals surface area contributed by atoms with Gasteiger partial charge in [-0.2, -0.15) is 0 Å². The molecule has 116 valence electrons. The van der Waals surface area contributed by atoms with Crippen molar-refractivity contribution in [1.29, 1.82) is 0 Å². The highest BCUT2D eigenvalue weighted by Gasteiger charge is 2.31. The second-order valence-corrected chi connectivity index (χ2v) is 7.91. The van der Waals surface area contributed by atoms with Gasteiger partial charge in [-0.15, -0.1) is 0 Å². The summed E-state index contributed by atoms with van der Waals surface area (Å²) in [6.45, 7) is 3.75. The summed E-state index contributed by atoms with van der Waals surface area (Å²) in [4.78, 5) is 22.6. The maximum absolute atomic E-state index is 11.6. The fourth-order valence-corrected chi connectivity index (χ4v) is 3.96. The van der Waals surface area contributed by atoms with Crippen LogP contribution in [0.3, 0.4) is 0 Å². The van der Waals surface area contributed by atoms with E-state index in [9.17, 15) is 18.0 Å². The minimum atomic E-state index is -3.11. The Morgan fingerprint density at radius 2 is 2.00 bits per heavy atom. The molecule has 8 heteroatoms. The standard InChI is InChI=1S/C12H22N2O5S/c1-8(2)6-10(11(15)16)14-12(17)13-7-9-4-3-5-20(9,18)19/h8-10H,3-7H2,1-2H3,(H,15,16)(H2,13,14,17)/t9?,10-/m1/s1. The summed E-state index contributed by atoms with van der Waals surface area (Å²) in [7, 11) is -3.11. The zero-order valence-corrected chi connectivity index (χ0v) is 12.6. The molecule has 2 atom stereocenters. The first-order valence-electron chi connectivity index (χ1n) is 6.71. The van der Waals surface area contributed by atoms with Crippen molar-refractivity contribution in [3.05, 3.63) is 0 Å². The Balaban J connectivity index is 2.44. The van der Waals surface area contributed by atoms with Crippen molar-refractivity contribution in [1.82, 2.24) is 10.6 Å². The predicted molar refractivity (Wildman–Crippen MR) is 74.2 cm³/mol. The van der Waals surface area contributed by atoms with Gasteiger partial charge in [0, 0.05) is 6.54 Å². The van der Waals surface area contributed by atoms with E-state index in [4.69, 9.17) is 5.11 Å². The van der Waals surface area contributed by atoms with Crippen LogP contribution in [0.4, 0.5) is 4.79 Å². The highest BCUT2D eigenvalue weighted by Crippen LogP contribution is 2.18. The molecule has 1 heterocycles. The molecule has 0 aromatic rings. The molecule has 2 amide bonds. The Morgan fingerprint density at radius 1 is 1.35 bits per heavy atom. The van der Waals surface area contributed by atoms with Crippen LogP contribution in [-0.2, 0) is 14.6 Å². The third-order valence-electron chi connectivity index (χ3n) is 3.26. The number of carboxylic acids is 1. The summed E-state index contributed by atoms with van der Waals surface area (Å²) in [5.41, 5.74) is 0. The smallest absolute Gasteiger partial charge is 0.326 e. The summed E-state index contributed by atoms with van der Waals surface area (Å²) >= 11 is 0. The molecule has 1 rings (SSSR count). The number of carboxylic acid groups (broad SMARTS) is 1. The number of rotatable bonds is 6. The van der Waals surface area contributed by atoms with E-state index in [1.165, 1.54) is 0 Å². The molecular weight excluding hydrogens is 284 g/mol. The van der Waals surface area contributed by atoms with E-state index in [-0.39, 0.29) is 18.2 Å². The maximum Gasteiger partial charge on any atom is 0.326 e. The molecule has 1 aliphatic heterocycles. The lowest BCUT2D eigenvalue weighted by Crippen LogP contribution is -2.48. The molecule has 0 radical (unpaired) electrons. The molecule has 1 unspecified atom stereocenters. The van der Waals surface area contributed by atoms with Gasteiger partial charge in [0.25, 0.3) is 0 Å². The summed E-state index contributed by atoms with van der Waals surface area (Å²) in [6.07, 6.45) is 1.48. The van der Waals surface area contributed by atoms with E-state index in [1.807, 2.05) is 13.8 Å². The molecule has 0 spiro atoms. The molecule has 0 aromatic carbocycles. The number of nitrogens with one attached hydrogen (secondary N) is 2. The van der Waals surface area contributed by atoms with Gasteiger partial charge in [-0.1, -0.05) is 13.8 Å². The van der Waals surface area contributed by atoms with Gasteiger partial charge < -0.3 is 15.7 Å². The van der Waals surface area contributed by atoms with E-state index in [0.717, 1.165) is 0 Å². The average molecular weight is 306 g/mol. The van der Waals surface area contributed by atoms with E-state index >= 15 is 0 Å². The Hall–Kier alpha value is -1.31. The lowest BCUT2D eigenvalue weighted by molar-refractivity contribution is -0.139. The number of carbonyl (C=O) groups is 2. The number of sulfone groups is 1. The number of amides is 2. The van der Waals surface area contributed by atoms with Gasteiger partial charge >= 0.3 is 12.0 Å². The third kappa shape index (κ3) is 4.99. The summed E-state index contributed by atoms with van der Waals surface area (Å²) in [6, 6.07) is -1.60. The van der Waals surface area contributed by atoms with E-state index in [2.05, 4.69) is 10.6 Å². The largest absolute Gasteiger partial charge is 0.480 e. The summed E-state index contributed by atoms with van der Waals surface area (Å²) in [5, 5.41) is 13.2. The molecule has 1 aliphatic rings. The first kappa shape index (κ1) is 16.7. The van der Waals surface area contributed by atoms with Gasteiger partial charge in [-0.3, -0.25) is 0 Å². The molecule has 0 bridgehead atoms. The van der Waals surface area contributed by atoms with Crippen LogP contribution in [0.25, 0.3) is 0 Å². The minimum Gasteiger partial charge on any atom is -0.480 e. The topological polar surface area (TPSA) is 113 Å². The highest BCUT2D eigenvalue weighted by atomic mass is 32.2. The van der Waals surface area contributed by atoms with Crippen molar-refractivity contribution in [2.45, 2.75) is 44.4 Å². The molecule has 20 heavy (non-hydrogen) atoms. The Labute approximate surface area is 119 Å². The second-order valence-electron chi connectivity index (χ2n) is 5.51. The van der Waals surface area contributed by atoms with Gasteiger partial charge in [0.1, 0.15) is 6.04 Å². The third-order valence-corrected chi connectivity index (χ3v) is 5.54. The summed E-state index contributed by atoms with van der Waals surface area (Å²) in [5.74, 6) is -0.805. The Bertz CT molecular complexity index is 460. The number of aliphatic carboxylic acids is 1. The van der Waals surface area contributed by atoms with E-state index in [0.29, 0.717) is 19.3 Å². The Morgan fingerprint density at radius 3 is 2.45 bits per heavy atom.